The molecule has 1 amide bonds. The van der Waals surface area contributed by atoms with Crippen LogP contribution in [0.4, 0.5) is 15.3 Å². The van der Waals surface area contributed by atoms with Gasteiger partial charge in [-0.25, -0.2) is 14.2 Å². The van der Waals surface area contributed by atoms with Gasteiger partial charge in [0.1, 0.15) is 5.82 Å². The second-order valence-corrected chi connectivity index (χ2v) is 8.17. The number of rotatable bonds is 6. The topological polar surface area (TPSA) is 97.3 Å². The van der Waals surface area contributed by atoms with Crippen LogP contribution in [0.25, 0.3) is 11.3 Å². The first-order valence-electron chi connectivity index (χ1n) is 10.3. The highest BCUT2D eigenvalue weighted by molar-refractivity contribution is 7.14. The second-order valence-electron chi connectivity index (χ2n) is 7.32. The molecule has 3 aromatic rings. The molecule has 1 N–H and O–H groups in total. The van der Waals surface area contributed by atoms with E-state index in [1.165, 1.54) is 23.5 Å². The molecule has 1 aliphatic heterocycles. The van der Waals surface area contributed by atoms with Crippen LogP contribution in [0.15, 0.2) is 41.8 Å². The lowest BCUT2D eigenvalue weighted by molar-refractivity contribution is -0.120. The third-order valence-electron chi connectivity index (χ3n) is 5.13. The molecular weight excluding hydrogens is 433 g/mol. The third-order valence-corrected chi connectivity index (χ3v) is 5.88. The summed E-state index contributed by atoms with van der Waals surface area (Å²) in [5.41, 5.74) is 1.63. The summed E-state index contributed by atoms with van der Waals surface area (Å²) >= 11 is 1.19. The number of carbonyl (C=O) groups is 2. The van der Waals surface area contributed by atoms with Crippen molar-refractivity contribution in [3.05, 3.63) is 53.3 Å². The molecule has 3 heterocycles. The Balaban J connectivity index is 1.38. The van der Waals surface area contributed by atoms with Crippen molar-refractivity contribution < 1.29 is 18.7 Å². The maximum Gasteiger partial charge on any atom is 0.357 e. The number of halogens is 1. The molecule has 1 aliphatic rings. The largest absolute Gasteiger partial charge is 0.461 e. The molecule has 4 rings (SSSR count). The van der Waals surface area contributed by atoms with Crippen molar-refractivity contribution in [1.29, 1.82) is 0 Å². The first-order valence-corrected chi connectivity index (χ1v) is 11.2. The molecule has 8 nitrogen and oxygen atoms in total. The van der Waals surface area contributed by atoms with Crippen LogP contribution in [-0.2, 0) is 9.53 Å². The summed E-state index contributed by atoms with van der Waals surface area (Å²) in [6.07, 6.45) is 1.59. The Kier molecular flexibility index (Phi) is 6.69. The normalized spacial score (nSPS) is 15.9. The number of piperidine rings is 1. The minimum absolute atomic E-state index is 0.143. The Labute approximate surface area is 188 Å². The van der Waals surface area contributed by atoms with E-state index in [1.807, 2.05) is 17.0 Å². The molecule has 0 bridgehead atoms. The summed E-state index contributed by atoms with van der Waals surface area (Å²) < 4.78 is 18.0. The fourth-order valence-corrected chi connectivity index (χ4v) is 4.19. The van der Waals surface area contributed by atoms with Crippen LogP contribution in [-0.4, -0.2) is 46.8 Å². The monoisotopic (exact) mass is 455 g/mol. The first kappa shape index (κ1) is 21.8. The van der Waals surface area contributed by atoms with Gasteiger partial charge in [-0.3, -0.25) is 4.79 Å². The van der Waals surface area contributed by atoms with E-state index in [1.54, 1.807) is 24.4 Å². The molecule has 0 spiro atoms. The molecule has 0 radical (unpaired) electrons. The maximum absolute atomic E-state index is 13.1. The summed E-state index contributed by atoms with van der Waals surface area (Å²) in [5, 5.41) is 13.3. The summed E-state index contributed by atoms with van der Waals surface area (Å²) in [5.74, 6) is -0.499. The van der Waals surface area contributed by atoms with Gasteiger partial charge in [0.05, 0.1) is 18.2 Å². The molecular formula is C22H22FN5O3S. The van der Waals surface area contributed by atoms with Gasteiger partial charge >= 0.3 is 5.97 Å². The minimum atomic E-state index is -0.504. The molecule has 32 heavy (non-hydrogen) atoms. The highest BCUT2D eigenvalue weighted by Crippen LogP contribution is 2.25. The number of thiazole rings is 1. The zero-order valence-electron chi connectivity index (χ0n) is 17.5. The van der Waals surface area contributed by atoms with Crippen LogP contribution in [0.3, 0.4) is 0 Å². The van der Waals surface area contributed by atoms with Crippen LogP contribution >= 0.6 is 11.3 Å². The van der Waals surface area contributed by atoms with E-state index in [-0.39, 0.29) is 29.9 Å². The van der Waals surface area contributed by atoms with Crippen LogP contribution in [0.2, 0.25) is 0 Å². The summed E-state index contributed by atoms with van der Waals surface area (Å²) in [6.45, 7) is 3.28. The number of ether oxygens (including phenoxy) is 1. The Morgan fingerprint density at radius 3 is 2.75 bits per heavy atom. The van der Waals surface area contributed by atoms with Gasteiger partial charge in [0.25, 0.3) is 0 Å². The van der Waals surface area contributed by atoms with Crippen molar-refractivity contribution >= 4 is 34.2 Å². The van der Waals surface area contributed by atoms with Gasteiger partial charge in [0.15, 0.2) is 16.6 Å². The summed E-state index contributed by atoms with van der Waals surface area (Å²) in [6, 6.07) is 9.79. The van der Waals surface area contributed by atoms with Crippen molar-refractivity contribution in [2.75, 3.05) is 29.9 Å². The number of esters is 1. The van der Waals surface area contributed by atoms with Gasteiger partial charge in [0, 0.05) is 24.0 Å². The van der Waals surface area contributed by atoms with E-state index in [4.69, 9.17) is 4.74 Å². The lowest BCUT2D eigenvalue weighted by Crippen LogP contribution is -2.41. The Hall–Kier alpha value is -3.40. The molecule has 166 valence electrons. The smallest absolute Gasteiger partial charge is 0.357 e. The lowest BCUT2D eigenvalue weighted by Gasteiger charge is -2.32. The zero-order chi connectivity index (χ0) is 22.5. The van der Waals surface area contributed by atoms with Crippen LogP contribution in [0.5, 0.6) is 0 Å². The van der Waals surface area contributed by atoms with Gasteiger partial charge in [-0.1, -0.05) is 0 Å². The van der Waals surface area contributed by atoms with Crippen molar-refractivity contribution in [2.24, 2.45) is 5.92 Å². The number of nitrogens with zero attached hydrogens (tertiary/aromatic N) is 4. The van der Waals surface area contributed by atoms with E-state index in [2.05, 4.69) is 20.5 Å². The maximum atomic E-state index is 13.1. The highest BCUT2D eigenvalue weighted by Gasteiger charge is 2.27. The van der Waals surface area contributed by atoms with Crippen LogP contribution in [0, 0.1) is 11.7 Å². The third kappa shape index (κ3) is 5.08. The van der Waals surface area contributed by atoms with Gasteiger partial charge in [-0.15, -0.1) is 21.5 Å². The average Bonchev–Trinajstić information content (AvgIpc) is 3.29. The molecule has 1 saturated heterocycles. The number of hydrogen-bond acceptors (Lipinski definition) is 8. The van der Waals surface area contributed by atoms with Crippen molar-refractivity contribution in [3.63, 3.8) is 0 Å². The molecule has 0 saturated carbocycles. The van der Waals surface area contributed by atoms with Gasteiger partial charge in [-0.05, 0) is 56.2 Å². The van der Waals surface area contributed by atoms with Crippen LogP contribution in [0.1, 0.15) is 30.3 Å². The quantitative estimate of drug-likeness (QED) is 0.565. The van der Waals surface area contributed by atoms with E-state index in [0.29, 0.717) is 23.2 Å². The predicted octanol–water partition coefficient (Wildman–Crippen LogP) is 3.77. The zero-order valence-corrected chi connectivity index (χ0v) is 18.3. The predicted molar refractivity (Wildman–Crippen MR) is 119 cm³/mol. The van der Waals surface area contributed by atoms with Crippen molar-refractivity contribution in [1.82, 2.24) is 15.2 Å². The Morgan fingerprint density at radius 2 is 2.03 bits per heavy atom. The Morgan fingerprint density at radius 1 is 1.22 bits per heavy atom. The molecule has 10 heteroatoms. The average molecular weight is 456 g/mol. The number of hydrogen-bond donors (Lipinski definition) is 1. The van der Waals surface area contributed by atoms with E-state index in [0.717, 1.165) is 24.9 Å². The molecule has 1 unspecified atom stereocenters. The summed E-state index contributed by atoms with van der Waals surface area (Å²) in [7, 11) is 0. The van der Waals surface area contributed by atoms with E-state index in [9.17, 15) is 14.0 Å². The fraction of sp³-hybridized carbons (Fsp3) is 0.318. The second kappa shape index (κ2) is 9.82. The lowest BCUT2D eigenvalue weighted by atomic mass is 9.97. The Bertz CT molecular complexity index is 1090. The first-order chi connectivity index (χ1) is 15.5. The van der Waals surface area contributed by atoms with E-state index < -0.39 is 5.97 Å². The molecule has 0 aliphatic carbocycles. The fourth-order valence-electron chi connectivity index (χ4n) is 3.51. The summed E-state index contributed by atoms with van der Waals surface area (Å²) in [4.78, 5) is 30.7. The van der Waals surface area contributed by atoms with E-state index >= 15 is 0 Å². The van der Waals surface area contributed by atoms with Crippen molar-refractivity contribution in [3.8, 4) is 11.3 Å². The molecule has 1 fully saturated rings. The number of nitrogens with one attached hydrogen (secondary N) is 1. The number of aromatic nitrogens is 3. The number of benzene rings is 1. The molecule has 1 atom stereocenters. The van der Waals surface area contributed by atoms with Gasteiger partial charge < -0.3 is 15.0 Å². The highest BCUT2D eigenvalue weighted by atomic mass is 32.1. The number of carbonyl (C=O) groups excluding carboxylic acids is 2. The standard InChI is InChI=1S/C22H22FN5O3S/c1-2-31-21(30)18-13-32-22(24-18)25-20(29)15-4-3-11-28(12-15)19-10-9-17(26-27-19)14-5-7-16(23)8-6-14/h5-10,13,15H,2-4,11-12H2,1H3,(H,24,25,29). The minimum Gasteiger partial charge on any atom is -0.461 e. The van der Waals surface area contributed by atoms with Gasteiger partial charge in [-0.2, -0.15) is 0 Å². The number of amides is 1. The van der Waals surface area contributed by atoms with Gasteiger partial charge in [0.2, 0.25) is 5.91 Å². The number of anilines is 2. The van der Waals surface area contributed by atoms with Crippen molar-refractivity contribution in [2.45, 2.75) is 19.8 Å². The van der Waals surface area contributed by atoms with Crippen LogP contribution < -0.4 is 10.2 Å². The SMILES string of the molecule is CCOC(=O)c1csc(NC(=O)C2CCCN(c3ccc(-c4ccc(F)cc4)nn3)C2)n1. The molecule has 2 aromatic heterocycles. The molecule has 1 aromatic carbocycles.